The molecule has 1 unspecified atom stereocenters. The van der Waals surface area contributed by atoms with Gasteiger partial charge in [-0.3, -0.25) is 0 Å². The molecule has 0 amide bonds. The summed E-state index contributed by atoms with van der Waals surface area (Å²) in [6.07, 6.45) is 3.37. The summed E-state index contributed by atoms with van der Waals surface area (Å²) >= 11 is 3.44. The third-order valence-electron chi connectivity index (χ3n) is 3.52. The Bertz CT molecular complexity index is 350. The van der Waals surface area contributed by atoms with E-state index in [2.05, 4.69) is 31.6 Å². The van der Waals surface area contributed by atoms with Gasteiger partial charge in [-0.05, 0) is 42.2 Å². The molecule has 0 spiro atoms. The Morgan fingerprint density at radius 2 is 2.25 bits per heavy atom. The highest BCUT2D eigenvalue weighted by molar-refractivity contribution is 9.10. The van der Waals surface area contributed by atoms with Gasteiger partial charge in [-0.15, -0.1) is 5.10 Å². The van der Waals surface area contributed by atoms with E-state index < -0.39 is 0 Å². The molecule has 0 radical (unpaired) electrons. The molecule has 0 saturated heterocycles. The topological polar surface area (TPSA) is 52.0 Å². The standard InChI is InChI=1S/C10H17BrN4O/c1-12-8(10(16-3)5-4-6-10)7-9(11)13-14-15(7)2/h8,12H,4-6H2,1-3H3. The minimum atomic E-state index is -0.104. The lowest BCUT2D eigenvalue weighted by Crippen LogP contribution is -2.50. The average molecular weight is 289 g/mol. The summed E-state index contributed by atoms with van der Waals surface area (Å²) in [7, 11) is 5.63. The lowest BCUT2D eigenvalue weighted by atomic mass is 9.73. The van der Waals surface area contributed by atoms with Gasteiger partial charge in [0.2, 0.25) is 0 Å². The van der Waals surface area contributed by atoms with Crippen LogP contribution in [-0.2, 0) is 11.8 Å². The first-order valence-corrected chi connectivity index (χ1v) is 6.21. The molecule has 0 aromatic carbocycles. The predicted molar refractivity (Wildman–Crippen MR) is 64.1 cm³/mol. The Morgan fingerprint density at radius 1 is 1.56 bits per heavy atom. The summed E-state index contributed by atoms with van der Waals surface area (Å²) in [4.78, 5) is 0. The third kappa shape index (κ3) is 1.69. The highest BCUT2D eigenvalue weighted by atomic mass is 79.9. The molecule has 1 aromatic rings. The first-order valence-electron chi connectivity index (χ1n) is 5.42. The predicted octanol–water partition coefficient (Wildman–Crippen LogP) is 1.41. The second-order valence-electron chi connectivity index (χ2n) is 4.23. The number of hydrogen-bond acceptors (Lipinski definition) is 4. The van der Waals surface area contributed by atoms with Crippen molar-refractivity contribution in [1.29, 1.82) is 0 Å². The Kier molecular flexibility index (Phi) is 3.32. The van der Waals surface area contributed by atoms with E-state index in [1.54, 1.807) is 11.8 Å². The van der Waals surface area contributed by atoms with Crippen LogP contribution in [0.3, 0.4) is 0 Å². The molecule has 1 saturated carbocycles. The third-order valence-corrected chi connectivity index (χ3v) is 4.09. The van der Waals surface area contributed by atoms with Crippen molar-refractivity contribution in [2.75, 3.05) is 14.2 Å². The van der Waals surface area contributed by atoms with E-state index in [9.17, 15) is 0 Å². The van der Waals surface area contributed by atoms with Gasteiger partial charge in [-0.2, -0.15) is 0 Å². The Labute approximate surface area is 104 Å². The van der Waals surface area contributed by atoms with E-state index in [1.807, 2.05) is 14.1 Å². The zero-order chi connectivity index (χ0) is 11.8. The van der Waals surface area contributed by atoms with Crippen LogP contribution < -0.4 is 5.32 Å². The summed E-state index contributed by atoms with van der Waals surface area (Å²) in [5.74, 6) is 0. The summed E-state index contributed by atoms with van der Waals surface area (Å²) in [5, 5.41) is 11.4. The number of aryl methyl sites for hydroxylation is 1. The van der Waals surface area contributed by atoms with Gasteiger partial charge < -0.3 is 10.1 Å². The van der Waals surface area contributed by atoms with Crippen LogP contribution in [0.1, 0.15) is 31.0 Å². The Morgan fingerprint density at radius 3 is 2.56 bits per heavy atom. The molecule has 1 heterocycles. The minimum Gasteiger partial charge on any atom is -0.376 e. The van der Waals surface area contributed by atoms with E-state index in [4.69, 9.17) is 4.74 Å². The largest absolute Gasteiger partial charge is 0.376 e. The molecule has 2 rings (SSSR count). The second-order valence-corrected chi connectivity index (χ2v) is 4.98. The van der Waals surface area contributed by atoms with Crippen molar-refractivity contribution in [1.82, 2.24) is 20.3 Å². The first kappa shape index (κ1) is 12.0. The SMILES string of the molecule is CNC(c1c(Br)nnn1C)C1(OC)CCC1. The molecule has 1 aromatic heterocycles. The lowest BCUT2D eigenvalue weighted by Gasteiger charge is -2.46. The quantitative estimate of drug-likeness (QED) is 0.910. The number of nitrogens with zero attached hydrogens (tertiary/aromatic N) is 3. The fraction of sp³-hybridized carbons (Fsp3) is 0.800. The van der Waals surface area contributed by atoms with Gasteiger partial charge in [0.05, 0.1) is 17.3 Å². The molecule has 16 heavy (non-hydrogen) atoms. The highest BCUT2D eigenvalue weighted by Crippen LogP contribution is 2.45. The molecule has 90 valence electrons. The van der Waals surface area contributed by atoms with E-state index in [0.29, 0.717) is 0 Å². The van der Waals surface area contributed by atoms with Gasteiger partial charge in [0.15, 0.2) is 4.60 Å². The molecule has 1 atom stereocenters. The molecule has 5 nitrogen and oxygen atoms in total. The number of halogens is 1. The zero-order valence-corrected chi connectivity index (χ0v) is 11.4. The van der Waals surface area contributed by atoms with Crippen molar-refractivity contribution < 1.29 is 4.74 Å². The number of ether oxygens (including phenoxy) is 1. The van der Waals surface area contributed by atoms with Gasteiger partial charge >= 0.3 is 0 Å². The Hall–Kier alpha value is -0.460. The van der Waals surface area contributed by atoms with E-state index in [0.717, 1.165) is 23.1 Å². The van der Waals surface area contributed by atoms with Crippen molar-refractivity contribution >= 4 is 15.9 Å². The van der Waals surface area contributed by atoms with Crippen molar-refractivity contribution in [2.24, 2.45) is 7.05 Å². The maximum atomic E-state index is 5.71. The summed E-state index contributed by atoms with van der Waals surface area (Å²) in [6.45, 7) is 0. The molecular formula is C10H17BrN4O. The maximum absolute atomic E-state index is 5.71. The molecule has 1 N–H and O–H groups in total. The van der Waals surface area contributed by atoms with Crippen LogP contribution in [0.25, 0.3) is 0 Å². The normalized spacial score (nSPS) is 20.5. The lowest BCUT2D eigenvalue weighted by molar-refractivity contribution is -0.100. The van der Waals surface area contributed by atoms with Crippen LogP contribution in [0.15, 0.2) is 4.60 Å². The summed E-state index contributed by atoms with van der Waals surface area (Å²) in [5.41, 5.74) is 0.941. The van der Waals surface area contributed by atoms with Crippen LogP contribution >= 0.6 is 15.9 Å². The molecule has 0 aliphatic heterocycles. The smallest absolute Gasteiger partial charge is 0.153 e. The number of nitrogens with one attached hydrogen (secondary N) is 1. The summed E-state index contributed by atoms with van der Waals surface area (Å²) < 4.78 is 8.29. The van der Waals surface area contributed by atoms with Gasteiger partial charge in [-0.1, -0.05) is 5.21 Å². The van der Waals surface area contributed by atoms with Crippen molar-refractivity contribution in [3.63, 3.8) is 0 Å². The molecule has 1 fully saturated rings. The van der Waals surface area contributed by atoms with Crippen molar-refractivity contribution in [3.8, 4) is 0 Å². The molecular weight excluding hydrogens is 272 g/mol. The fourth-order valence-corrected chi connectivity index (χ4v) is 2.99. The number of methoxy groups -OCH3 is 1. The van der Waals surface area contributed by atoms with E-state index >= 15 is 0 Å². The van der Waals surface area contributed by atoms with E-state index in [-0.39, 0.29) is 11.6 Å². The maximum Gasteiger partial charge on any atom is 0.153 e. The first-order chi connectivity index (χ1) is 7.64. The number of aromatic nitrogens is 3. The molecule has 0 bridgehead atoms. The zero-order valence-electron chi connectivity index (χ0n) is 9.83. The fourth-order valence-electron chi connectivity index (χ4n) is 2.43. The molecule has 6 heteroatoms. The van der Waals surface area contributed by atoms with Crippen molar-refractivity contribution in [2.45, 2.75) is 30.9 Å². The van der Waals surface area contributed by atoms with Crippen LogP contribution in [-0.4, -0.2) is 34.8 Å². The monoisotopic (exact) mass is 288 g/mol. The van der Waals surface area contributed by atoms with Crippen molar-refractivity contribution in [3.05, 3.63) is 10.3 Å². The van der Waals surface area contributed by atoms with Gasteiger partial charge in [-0.25, -0.2) is 4.68 Å². The number of likely N-dealkylation sites (N-methyl/N-ethyl adjacent to an activating group) is 1. The Balaban J connectivity index is 2.36. The molecule has 1 aliphatic carbocycles. The number of hydrogen-bond donors (Lipinski definition) is 1. The van der Waals surface area contributed by atoms with Gasteiger partial charge in [0, 0.05) is 14.2 Å². The van der Waals surface area contributed by atoms with E-state index in [1.165, 1.54) is 6.42 Å². The van der Waals surface area contributed by atoms with Crippen LogP contribution in [0.2, 0.25) is 0 Å². The minimum absolute atomic E-state index is 0.104. The van der Waals surface area contributed by atoms with Crippen LogP contribution in [0, 0.1) is 0 Å². The molecule has 1 aliphatic rings. The number of rotatable bonds is 4. The van der Waals surface area contributed by atoms with Crippen LogP contribution in [0.4, 0.5) is 0 Å². The summed E-state index contributed by atoms with van der Waals surface area (Å²) in [6, 6.07) is 0.126. The van der Waals surface area contributed by atoms with Gasteiger partial charge in [0.1, 0.15) is 0 Å². The van der Waals surface area contributed by atoms with Gasteiger partial charge in [0.25, 0.3) is 0 Å². The highest BCUT2D eigenvalue weighted by Gasteiger charge is 2.46. The second kappa shape index (κ2) is 4.43. The average Bonchev–Trinajstić information content (AvgIpc) is 2.53. The van der Waals surface area contributed by atoms with Crippen LogP contribution in [0.5, 0.6) is 0 Å².